The van der Waals surface area contributed by atoms with E-state index in [-0.39, 0.29) is 0 Å². The van der Waals surface area contributed by atoms with Gasteiger partial charge in [0.1, 0.15) is 0 Å². The molecule has 0 aliphatic carbocycles. The van der Waals surface area contributed by atoms with Gasteiger partial charge in [0.05, 0.1) is 5.69 Å². The normalized spacial score (nSPS) is 10.5. The zero-order valence-electron chi connectivity index (χ0n) is 8.89. The van der Waals surface area contributed by atoms with Crippen molar-refractivity contribution in [2.45, 2.75) is 26.7 Å². The van der Waals surface area contributed by atoms with Gasteiger partial charge in [-0.3, -0.25) is 4.98 Å². The largest absolute Gasteiger partial charge is 0.264 e. The van der Waals surface area contributed by atoms with E-state index in [2.05, 4.69) is 38.4 Å². The summed E-state index contributed by atoms with van der Waals surface area (Å²) in [6.45, 7) is 10.2. The highest BCUT2D eigenvalue weighted by atomic mass is 14.7. The summed E-state index contributed by atoms with van der Waals surface area (Å²) in [6, 6.07) is 2.21. The average molecular weight is 173 g/mol. The SMILES string of the molecule is Bc1nc(C=C)c(C(C)C)cc1C. The number of rotatable bonds is 2. The fraction of sp³-hybridized carbons (Fsp3) is 0.364. The average Bonchev–Trinajstić information content (AvgIpc) is 2.08. The minimum absolute atomic E-state index is 0.514. The molecule has 0 aromatic carbocycles. The lowest BCUT2D eigenvalue weighted by Gasteiger charge is -2.11. The Morgan fingerprint density at radius 2 is 2.15 bits per heavy atom. The first kappa shape index (κ1) is 10.0. The van der Waals surface area contributed by atoms with E-state index in [1.54, 1.807) is 0 Å². The van der Waals surface area contributed by atoms with Crippen molar-refractivity contribution in [3.05, 3.63) is 29.5 Å². The van der Waals surface area contributed by atoms with E-state index in [1.165, 1.54) is 11.1 Å². The lowest BCUT2D eigenvalue weighted by atomic mass is 9.92. The van der Waals surface area contributed by atoms with Crippen molar-refractivity contribution in [1.82, 2.24) is 4.98 Å². The maximum Gasteiger partial charge on any atom is 0.164 e. The van der Waals surface area contributed by atoms with E-state index in [9.17, 15) is 0 Å². The second-order valence-electron chi connectivity index (χ2n) is 3.72. The quantitative estimate of drug-likeness (QED) is 0.616. The molecule has 0 bridgehead atoms. The Labute approximate surface area is 81.3 Å². The van der Waals surface area contributed by atoms with Crippen LogP contribution >= 0.6 is 0 Å². The molecule has 0 atom stereocenters. The highest BCUT2D eigenvalue weighted by Crippen LogP contribution is 2.18. The Morgan fingerprint density at radius 3 is 2.62 bits per heavy atom. The van der Waals surface area contributed by atoms with E-state index in [1.807, 2.05) is 13.9 Å². The summed E-state index contributed by atoms with van der Waals surface area (Å²) in [5, 5.41) is 0. The first-order valence-corrected chi connectivity index (χ1v) is 4.66. The molecule has 0 unspecified atom stereocenters. The van der Waals surface area contributed by atoms with E-state index >= 15 is 0 Å². The Kier molecular flexibility index (Phi) is 2.92. The van der Waals surface area contributed by atoms with Crippen LogP contribution in [0.3, 0.4) is 0 Å². The van der Waals surface area contributed by atoms with Gasteiger partial charge in [-0.15, -0.1) is 0 Å². The third-order valence-corrected chi connectivity index (χ3v) is 2.34. The molecule has 0 spiro atoms. The molecular formula is C11H16BN. The third kappa shape index (κ3) is 2.00. The highest BCUT2D eigenvalue weighted by Gasteiger charge is 2.07. The molecule has 1 rings (SSSR count). The summed E-state index contributed by atoms with van der Waals surface area (Å²) in [7, 11) is 2.03. The predicted molar refractivity (Wildman–Crippen MR) is 61.3 cm³/mol. The summed E-state index contributed by atoms with van der Waals surface area (Å²) in [5.41, 5.74) is 4.67. The van der Waals surface area contributed by atoms with Crippen molar-refractivity contribution >= 4 is 19.5 Å². The van der Waals surface area contributed by atoms with Crippen LogP contribution in [-0.2, 0) is 0 Å². The van der Waals surface area contributed by atoms with Crippen LogP contribution in [0.15, 0.2) is 12.6 Å². The van der Waals surface area contributed by atoms with Crippen LogP contribution in [-0.4, -0.2) is 12.8 Å². The topological polar surface area (TPSA) is 12.9 Å². The van der Waals surface area contributed by atoms with Crippen LogP contribution in [0.5, 0.6) is 0 Å². The number of hydrogen-bond acceptors (Lipinski definition) is 1. The van der Waals surface area contributed by atoms with E-state index in [4.69, 9.17) is 0 Å². The number of aryl methyl sites for hydroxylation is 1. The van der Waals surface area contributed by atoms with Crippen LogP contribution in [0.25, 0.3) is 6.08 Å². The molecule has 13 heavy (non-hydrogen) atoms. The molecule has 1 nitrogen and oxygen atoms in total. The van der Waals surface area contributed by atoms with E-state index in [0.29, 0.717) is 5.92 Å². The van der Waals surface area contributed by atoms with E-state index < -0.39 is 0 Å². The molecule has 0 aliphatic heterocycles. The standard InChI is InChI=1S/C11H16BN/c1-5-10-9(7(2)3)6-8(4)11(12)13-10/h5-7H,1,12H2,2-4H3. The number of aromatic nitrogens is 1. The van der Waals surface area contributed by atoms with Gasteiger partial charge in [0.15, 0.2) is 7.85 Å². The number of pyridine rings is 1. The Balaban J connectivity index is 3.32. The lowest BCUT2D eigenvalue weighted by Crippen LogP contribution is -2.15. The molecule has 0 saturated carbocycles. The highest BCUT2D eigenvalue weighted by molar-refractivity contribution is 6.31. The number of nitrogens with zero attached hydrogens (tertiary/aromatic N) is 1. The summed E-state index contributed by atoms with van der Waals surface area (Å²) >= 11 is 0. The maximum atomic E-state index is 4.49. The van der Waals surface area contributed by atoms with Gasteiger partial charge in [0.25, 0.3) is 0 Å². The van der Waals surface area contributed by atoms with Crippen molar-refractivity contribution in [3.63, 3.8) is 0 Å². The van der Waals surface area contributed by atoms with Crippen molar-refractivity contribution in [3.8, 4) is 0 Å². The molecular weight excluding hydrogens is 157 g/mol. The predicted octanol–water partition coefficient (Wildman–Crippen LogP) is 1.41. The molecule has 0 saturated heterocycles. The fourth-order valence-electron chi connectivity index (χ4n) is 1.37. The Bertz CT molecular complexity index is 329. The van der Waals surface area contributed by atoms with Gasteiger partial charge in [-0.2, -0.15) is 0 Å². The smallest absolute Gasteiger partial charge is 0.164 e. The van der Waals surface area contributed by atoms with Crippen LogP contribution in [0.2, 0.25) is 0 Å². The summed E-state index contributed by atoms with van der Waals surface area (Å²) < 4.78 is 0. The second-order valence-corrected chi connectivity index (χ2v) is 3.72. The van der Waals surface area contributed by atoms with Crippen LogP contribution in [0, 0.1) is 6.92 Å². The monoisotopic (exact) mass is 173 g/mol. The molecule has 2 heteroatoms. The Morgan fingerprint density at radius 1 is 1.54 bits per heavy atom. The van der Waals surface area contributed by atoms with Gasteiger partial charge in [-0.05, 0) is 35.6 Å². The zero-order chi connectivity index (χ0) is 10.0. The molecule has 0 fully saturated rings. The molecule has 0 aliphatic rings. The molecule has 1 aromatic rings. The van der Waals surface area contributed by atoms with E-state index in [0.717, 1.165) is 11.3 Å². The van der Waals surface area contributed by atoms with Crippen LogP contribution in [0.1, 0.15) is 36.6 Å². The maximum absolute atomic E-state index is 4.49. The third-order valence-electron chi connectivity index (χ3n) is 2.34. The Hall–Kier alpha value is -1.05. The minimum atomic E-state index is 0.514. The lowest BCUT2D eigenvalue weighted by molar-refractivity contribution is 0.854. The van der Waals surface area contributed by atoms with Gasteiger partial charge in [0, 0.05) is 0 Å². The summed E-state index contributed by atoms with van der Waals surface area (Å²) in [5.74, 6) is 0.514. The first-order chi connectivity index (χ1) is 6.06. The summed E-state index contributed by atoms with van der Waals surface area (Å²) in [6.07, 6.45) is 1.84. The molecule has 1 heterocycles. The second kappa shape index (κ2) is 3.78. The van der Waals surface area contributed by atoms with Gasteiger partial charge in [-0.1, -0.05) is 26.5 Å². The molecule has 68 valence electrons. The molecule has 0 radical (unpaired) electrons. The first-order valence-electron chi connectivity index (χ1n) is 4.66. The van der Waals surface area contributed by atoms with Crippen molar-refractivity contribution < 1.29 is 0 Å². The van der Waals surface area contributed by atoms with Gasteiger partial charge in [0.2, 0.25) is 0 Å². The minimum Gasteiger partial charge on any atom is -0.264 e. The molecule has 0 amide bonds. The summed E-state index contributed by atoms with van der Waals surface area (Å²) in [4.78, 5) is 4.49. The van der Waals surface area contributed by atoms with Crippen LogP contribution < -0.4 is 5.59 Å². The molecule has 1 aromatic heterocycles. The van der Waals surface area contributed by atoms with Gasteiger partial charge >= 0.3 is 0 Å². The van der Waals surface area contributed by atoms with Crippen LogP contribution in [0.4, 0.5) is 0 Å². The fourth-order valence-corrected chi connectivity index (χ4v) is 1.37. The molecule has 0 N–H and O–H groups in total. The van der Waals surface area contributed by atoms with Crippen molar-refractivity contribution in [1.29, 1.82) is 0 Å². The van der Waals surface area contributed by atoms with Crippen molar-refractivity contribution in [2.24, 2.45) is 0 Å². The van der Waals surface area contributed by atoms with Gasteiger partial charge < -0.3 is 0 Å². The zero-order valence-corrected chi connectivity index (χ0v) is 8.89. The number of hydrogen-bond donors (Lipinski definition) is 0. The van der Waals surface area contributed by atoms with Crippen molar-refractivity contribution in [2.75, 3.05) is 0 Å². The van der Waals surface area contributed by atoms with Gasteiger partial charge in [-0.25, -0.2) is 0 Å².